The van der Waals surface area contributed by atoms with Crippen molar-refractivity contribution < 1.29 is 19.1 Å². The zero-order valence-electron chi connectivity index (χ0n) is 15.3. The smallest absolute Gasteiger partial charge is 0.317 e. The monoisotopic (exact) mass is 314 g/mol. The molecule has 0 atom stereocenters. The van der Waals surface area contributed by atoms with Crippen molar-refractivity contribution in [2.24, 2.45) is 5.41 Å². The Hall–Kier alpha value is -1.06. The summed E-state index contributed by atoms with van der Waals surface area (Å²) in [6.45, 7) is 12.5. The maximum Gasteiger partial charge on any atom is 0.317 e. The summed E-state index contributed by atoms with van der Waals surface area (Å²) in [4.78, 5) is 22.9. The van der Waals surface area contributed by atoms with Gasteiger partial charge in [0, 0.05) is 0 Å². The molecule has 0 aromatic heterocycles. The summed E-state index contributed by atoms with van der Waals surface area (Å²) in [6.07, 6.45) is 6.50. The molecule has 0 rings (SSSR count). The first-order chi connectivity index (χ1) is 9.99. The Bertz CT molecular complexity index is 334. The number of rotatable bonds is 9. The van der Waals surface area contributed by atoms with Crippen molar-refractivity contribution in [1.29, 1.82) is 0 Å². The zero-order valence-corrected chi connectivity index (χ0v) is 15.3. The molecule has 0 amide bonds. The first-order valence-corrected chi connectivity index (χ1v) is 8.37. The molecule has 0 aromatic carbocycles. The number of carbonyl (C=O) groups is 2. The van der Waals surface area contributed by atoms with Gasteiger partial charge in [-0.05, 0) is 39.0 Å². The van der Waals surface area contributed by atoms with Crippen LogP contribution in [0.5, 0.6) is 0 Å². The van der Waals surface area contributed by atoms with Crippen LogP contribution in [0, 0.1) is 5.41 Å². The lowest BCUT2D eigenvalue weighted by Gasteiger charge is -2.19. The number of hydrogen-bond donors (Lipinski definition) is 0. The lowest BCUT2D eigenvalue weighted by Crippen LogP contribution is -2.25. The van der Waals surface area contributed by atoms with E-state index in [1.165, 1.54) is 25.7 Å². The molecule has 4 nitrogen and oxygen atoms in total. The molecule has 0 spiro atoms. The normalized spacial score (nSPS) is 12.1. The number of esters is 2. The summed E-state index contributed by atoms with van der Waals surface area (Å²) >= 11 is 0. The van der Waals surface area contributed by atoms with Crippen LogP contribution in [0.2, 0.25) is 0 Å². The number of carbonyl (C=O) groups excluding carboxylic acids is 2. The zero-order chi connectivity index (χ0) is 17.2. The average Bonchev–Trinajstić information content (AvgIpc) is 2.28. The molecule has 0 aromatic rings. The summed E-state index contributed by atoms with van der Waals surface area (Å²) in [5.41, 5.74) is -0.151. The Balaban J connectivity index is 3.52. The van der Waals surface area contributed by atoms with Gasteiger partial charge >= 0.3 is 11.9 Å². The molecule has 0 saturated heterocycles. The molecule has 0 bridgehead atoms. The SMILES string of the molecule is CC(C)(C)CCCCCCCOC(=O)CC(=O)OC(C)(C)C. The quantitative estimate of drug-likeness (QED) is 0.353. The Morgan fingerprint density at radius 3 is 1.86 bits per heavy atom. The maximum absolute atomic E-state index is 11.5. The van der Waals surface area contributed by atoms with Crippen LogP contribution >= 0.6 is 0 Å². The predicted octanol–water partition coefficient (Wildman–Crippen LogP) is 4.65. The van der Waals surface area contributed by atoms with Gasteiger partial charge in [-0.3, -0.25) is 9.59 Å². The highest BCUT2D eigenvalue weighted by atomic mass is 16.6. The van der Waals surface area contributed by atoms with Crippen molar-refractivity contribution in [1.82, 2.24) is 0 Å². The van der Waals surface area contributed by atoms with Crippen molar-refractivity contribution in [3.63, 3.8) is 0 Å². The summed E-state index contributed by atoms with van der Waals surface area (Å²) in [7, 11) is 0. The molecule has 0 N–H and O–H groups in total. The van der Waals surface area contributed by atoms with E-state index in [0.29, 0.717) is 12.0 Å². The number of hydrogen-bond acceptors (Lipinski definition) is 4. The lowest BCUT2D eigenvalue weighted by molar-refractivity contribution is -0.161. The first kappa shape index (κ1) is 20.9. The summed E-state index contributed by atoms with van der Waals surface area (Å²) in [5, 5.41) is 0. The molecule has 0 aliphatic heterocycles. The molecule has 0 heterocycles. The summed E-state index contributed by atoms with van der Waals surface area (Å²) in [6, 6.07) is 0. The van der Waals surface area contributed by atoms with E-state index in [1.807, 2.05) is 0 Å². The molecule has 0 radical (unpaired) electrons. The average molecular weight is 314 g/mol. The van der Waals surface area contributed by atoms with Gasteiger partial charge in [0.25, 0.3) is 0 Å². The Morgan fingerprint density at radius 1 is 0.773 bits per heavy atom. The molecule has 0 fully saturated rings. The van der Waals surface area contributed by atoms with Crippen molar-refractivity contribution in [2.75, 3.05) is 6.61 Å². The van der Waals surface area contributed by atoms with Crippen LogP contribution < -0.4 is 0 Å². The van der Waals surface area contributed by atoms with Gasteiger partial charge in [0.1, 0.15) is 12.0 Å². The topological polar surface area (TPSA) is 52.6 Å². The van der Waals surface area contributed by atoms with E-state index >= 15 is 0 Å². The third-order valence-electron chi connectivity index (χ3n) is 3.04. The molecular formula is C18H34O4. The van der Waals surface area contributed by atoms with Gasteiger partial charge in [0.2, 0.25) is 0 Å². The highest BCUT2D eigenvalue weighted by Crippen LogP contribution is 2.22. The Morgan fingerprint density at radius 2 is 1.32 bits per heavy atom. The lowest BCUT2D eigenvalue weighted by atomic mass is 9.89. The molecule has 0 aliphatic rings. The minimum absolute atomic E-state index is 0.303. The van der Waals surface area contributed by atoms with Gasteiger partial charge in [-0.15, -0.1) is 0 Å². The molecule has 130 valence electrons. The molecule has 0 saturated carbocycles. The van der Waals surface area contributed by atoms with Gasteiger partial charge in [-0.1, -0.05) is 46.5 Å². The molecule has 0 unspecified atom stereocenters. The first-order valence-electron chi connectivity index (χ1n) is 8.37. The largest absolute Gasteiger partial charge is 0.465 e. The van der Waals surface area contributed by atoms with Gasteiger partial charge < -0.3 is 9.47 Å². The molecule has 22 heavy (non-hydrogen) atoms. The summed E-state index contributed by atoms with van der Waals surface area (Å²) in [5.74, 6) is -1.03. The highest BCUT2D eigenvalue weighted by molar-refractivity contribution is 5.91. The van der Waals surface area contributed by atoms with E-state index in [9.17, 15) is 9.59 Å². The van der Waals surface area contributed by atoms with E-state index in [4.69, 9.17) is 9.47 Å². The summed E-state index contributed by atoms with van der Waals surface area (Å²) < 4.78 is 10.1. The Kier molecular flexibility index (Phi) is 9.38. The second-order valence-corrected chi connectivity index (χ2v) is 8.06. The van der Waals surface area contributed by atoms with E-state index < -0.39 is 17.5 Å². The standard InChI is InChI=1S/C18H34O4/c1-17(2,3)12-10-8-7-9-11-13-21-15(19)14-16(20)22-18(4,5)6/h7-14H2,1-6H3. The van der Waals surface area contributed by atoms with Crippen LogP contribution in [0.25, 0.3) is 0 Å². The van der Waals surface area contributed by atoms with Crippen LogP contribution in [-0.2, 0) is 19.1 Å². The van der Waals surface area contributed by atoms with Gasteiger partial charge in [0.15, 0.2) is 0 Å². The van der Waals surface area contributed by atoms with Gasteiger partial charge in [-0.2, -0.15) is 0 Å². The van der Waals surface area contributed by atoms with Crippen LogP contribution in [0.1, 0.15) is 86.5 Å². The van der Waals surface area contributed by atoms with Crippen molar-refractivity contribution in [2.45, 2.75) is 92.1 Å². The van der Waals surface area contributed by atoms with E-state index in [0.717, 1.165) is 12.8 Å². The maximum atomic E-state index is 11.5. The van der Waals surface area contributed by atoms with E-state index in [2.05, 4.69) is 20.8 Å². The van der Waals surface area contributed by atoms with Crippen LogP contribution in [-0.4, -0.2) is 24.1 Å². The van der Waals surface area contributed by atoms with E-state index in [-0.39, 0.29) is 6.42 Å². The minimum Gasteiger partial charge on any atom is -0.465 e. The fraction of sp³-hybridized carbons (Fsp3) is 0.889. The Labute approximate surface area is 135 Å². The highest BCUT2D eigenvalue weighted by Gasteiger charge is 2.19. The number of ether oxygens (including phenoxy) is 2. The molecule has 0 aliphatic carbocycles. The van der Waals surface area contributed by atoms with Crippen molar-refractivity contribution in [3.05, 3.63) is 0 Å². The number of unbranched alkanes of at least 4 members (excludes halogenated alkanes) is 4. The second-order valence-electron chi connectivity index (χ2n) is 8.06. The molecular weight excluding hydrogens is 280 g/mol. The van der Waals surface area contributed by atoms with Gasteiger partial charge in [-0.25, -0.2) is 0 Å². The minimum atomic E-state index is -0.565. The van der Waals surface area contributed by atoms with E-state index in [1.54, 1.807) is 20.8 Å². The third-order valence-corrected chi connectivity index (χ3v) is 3.04. The fourth-order valence-electron chi connectivity index (χ4n) is 2.02. The fourth-order valence-corrected chi connectivity index (χ4v) is 2.02. The van der Waals surface area contributed by atoms with Crippen LogP contribution in [0.3, 0.4) is 0 Å². The van der Waals surface area contributed by atoms with Crippen molar-refractivity contribution in [3.8, 4) is 0 Å². The van der Waals surface area contributed by atoms with Crippen LogP contribution in [0.4, 0.5) is 0 Å². The second kappa shape index (κ2) is 9.86. The molecule has 4 heteroatoms. The third kappa shape index (κ3) is 15.3. The van der Waals surface area contributed by atoms with Crippen LogP contribution in [0.15, 0.2) is 0 Å². The predicted molar refractivity (Wildman–Crippen MR) is 88.6 cm³/mol. The van der Waals surface area contributed by atoms with Gasteiger partial charge in [0.05, 0.1) is 6.61 Å². The van der Waals surface area contributed by atoms with Crippen molar-refractivity contribution >= 4 is 11.9 Å².